The van der Waals surface area contributed by atoms with Crippen molar-refractivity contribution in [1.82, 2.24) is 91.1 Å². The van der Waals surface area contributed by atoms with E-state index in [1.807, 2.05) is 219 Å². The number of ether oxygens (including phenoxy) is 4. The lowest BCUT2D eigenvalue weighted by Gasteiger charge is -2.13. The molecule has 1 aliphatic rings. The number of phenols is 1. The highest BCUT2D eigenvalue weighted by Crippen LogP contribution is 2.40. The van der Waals surface area contributed by atoms with Crippen molar-refractivity contribution in [3.63, 3.8) is 0 Å². The molecule has 33 nitrogen and oxygen atoms in total. The summed E-state index contributed by atoms with van der Waals surface area (Å²) in [5.74, 6) is 5.71. The number of para-hydroxylation sites is 3. The van der Waals surface area contributed by atoms with Crippen LogP contribution in [0, 0.1) is 17.5 Å². The molecule has 12 aromatic carbocycles. The molecular formula is C101H90F6N24O9. The molecule has 0 radical (unpaired) electrons. The summed E-state index contributed by atoms with van der Waals surface area (Å²) in [5.41, 5.74) is 13.7. The Kier molecular flexibility index (Phi) is 35.0. The molecule has 140 heavy (non-hydrogen) atoms. The molecule has 19 rings (SSSR count). The second-order valence-corrected chi connectivity index (χ2v) is 29.7. The fourth-order valence-corrected chi connectivity index (χ4v) is 13.2. The van der Waals surface area contributed by atoms with Gasteiger partial charge >= 0.3 is 6.18 Å². The van der Waals surface area contributed by atoms with E-state index in [9.17, 15) is 45.8 Å². The van der Waals surface area contributed by atoms with Gasteiger partial charge < -0.3 is 40.2 Å². The predicted molar refractivity (Wildman–Crippen MR) is 515 cm³/mol. The third-order valence-electron chi connectivity index (χ3n) is 19.8. The van der Waals surface area contributed by atoms with Crippen LogP contribution in [-0.2, 0) is 52.9 Å². The minimum absolute atomic E-state index is 0.0266. The average Bonchev–Trinajstić information content (AvgIpc) is 1.16. The van der Waals surface area contributed by atoms with Crippen molar-refractivity contribution >= 4 is 47.0 Å². The molecule has 18 aromatic rings. The minimum Gasteiger partial charge on any atom is -0.507 e. The van der Waals surface area contributed by atoms with Gasteiger partial charge in [-0.15, -0.1) is 10.2 Å². The minimum atomic E-state index is -4.55. The van der Waals surface area contributed by atoms with E-state index in [0.29, 0.717) is 88.3 Å². The smallest absolute Gasteiger partial charge is 0.418 e. The number of aliphatic hydroxyl groups excluding tert-OH is 1. The van der Waals surface area contributed by atoms with Crippen molar-refractivity contribution in [2.45, 2.75) is 45.4 Å². The van der Waals surface area contributed by atoms with Gasteiger partial charge in [-0.25, -0.2) is 43.1 Å². The topological polar surface area (TPSA) is 465 Å². The van der Waals surface area contributed by atoms with E-state index in [1.54, 1.807) is 51.7 Å². The van der Waals surface area contributed by atoms with Gasteiger partial charge in [0.25, 0.3) is 0 Å². The number of aromatic nitrogens is 18. The van der Waals surface area contributed by atoms with Crippen molar-refractivity contribution in [2.24, 2.45) is 15.7 Å². The molecular weight excluding hydrogens is 1810 g/mol. The Morgan fingerprint density at radius 1 is 0.414 bits per heavy atom. The number of aromatic hydroxyl groups is 1. The highest BCUT2D eigenvalue weighted by molar-refractivity contribution is 6.12. The van der Waals surface area contributed by atoms with Gasteiger partial charge in [0.2, 0.25) is 41.3 Å². The number of alkyl halides is 3. The van der Waals surface area contributed by atoms with E-state index in [1.165, 1.54) is 35.9 Å². The number of nitrogens with zero attached hydrogens (tertiary/aromatic N) is 14. The van der Waals surface area contributed by atoms with Crippen molar-refractivity contribution in [3.05, 3.63) is 372 Å². The van der Waals surface area contributed by atoms with Gasteiger partial charge in [-0.3, -0.25) is 55.6 Å². The van der Waals surface area contributed by atoms with Crippen LogP contribution in [0.3, 0.4) is 0 Å². The maximum Gasteiger partial charge on any atom is 0.418 e. The predicted octanol–water partition coefficient (Wildman–Crippen LogP) is 17.5. The number of anilines is 3. The summed E-state index contributed by atoms with van der Waals surface area (Å²) < 4.78 is 99.8. The summed E-state index contributed by atoms with van der Waals surface area (Å²) in [4.78, 5) is 69.6. The Hall–Kier alpha value is -18.4. The zero-order valence-corrected chi connectivity index (χ0v) is 75.3. The first kappa shape index (κ1) is 99.1. The molecule has 0 bridgehead atoms. The highest BCUT2D eigenvalue weighted by atomic mass is 19.4. The number of benzene rings is 12. The van der Waals surface area contributed by atoms with Gasteiger partial charge in [0.15, 0.2) is 58.1 Å². The normalized spacial score (nSPS) is 11.1. The molecule has 0 fully saturated rings. The summed E-state index contributed by atoms with van der Waals surface area (Å²) in [7, 11) is 4.71. The lowest BCUT2D eigenvalue weighted by molar-refractivity contribution is -0.137. The average molecular weight is 1900 g/mol. The number of carbonyl (C=O) groups excluding carboxylic acids is 3. The van der Waals surface area contributed by atoms with Crippen LogP contribution in [0.4, 0.5) is 43.9 Å². The van der Waals surface area contributed by atoms with E-state index in [2.05, 4.69) is 129 Å². The molecule has 7 heterocycles. The zero-order valence-electron chi connectivity index (χ0n) is 75.3. The zero-order chi connectivity index (χ0) is 98.5. The number of nitrogens with one attached hydrogen (secondary N) is 9. The first-order valence-corrected chi connectivity index (χ1v) is 42.9. The van der Waals surface area contributed by atoms with E-state index in [-0.39, 0.29) is 72.3 Å². The Morgan fingerprint density at radius 3 is 1.41 bits per heavy atom. The number of nitrogens with two attached hydrogens (primary N) is 1. The van der Waals surface area contributed by atoms with Crippen LogP contribution in [-0.4, -0.2) is 165 Å². The summed E-state index contributed by atoms with van der Waals surface area (Å²) in [6.45, 7) is 2.83. The first-order valence-electron chi connectivity index (χ1n) is 42.9. The van der Waals surface area contributed by atoms with E-state index < -0.39 is 35.2 Å². The first-order chi connectivity index (χ1) is 68.0. The van der Waals surface area contributed by atoms with Crippen LogP contribution >= 0.6 is 0 Å². The van der Waals surface area contributed by atoms with Crippen molar-refractivity contribution in [2.75, 3.05) is 50.4 Å². The fourth-order valence-electron chi connectivity index (χ4n) is 13.2. The molecule has 39 heteroatoms. The molecule has 3 amide bonds. The number of H-pyrrole nitrogens is 6. The van der Waals surface area contributed by atoms with Crippen LogP contribution in [0.15, 0.2) is 319 Å². The molecule has 0 saturated carbocycles. The van der Waals surface area contributed by atoms with E-state index in [4.69, 9.17) is 29.8 Å². The molecule has 0 saturated heterocycles. The number of carbonyl (C=O) groups is 3. The van der Waals surface area contributed by atoms with Gasteiger partial charge in [0.1, 0.15) is 47.2 Å². The summed E-state index contributed by atoms with van der Waals surface area (Å²) in [6, 6.07) is 89.7. The van der Waals surface area contributed by atoms with Crippen LogP contribution in [0.25, 0.3) is 79.7 Å². The van der Waals surface area contributed by atoms with Crippen molar-refractivity contribution in [3.8, 4) is 108 Å². The number of phenolic OH excluding ortho intramolecular Hbond substituents is 1. The lowest BCUT2D eigenvalue weighted by atomic mass is 10.1. The van der Waals surface area contributed by atoms with Crippen molar-refractivity contribution < 1.29 is 69.9 Å². The summed E-state index contributed by atoms with van der Waals surface area (Å²) >= 11 is 0. The number of rotatable bonds is 25. The largest absolute Gasteiger partial charge is 0.507 e. The third kappa shape index (κ3) is 28.8. The second-order valence-electron chi connectivity index (χ2n) is 29.7. The number of halogens is 6. The molecule has 13 N–H and O–H groups in total. The fraction of sp³-hybridized carbons (Fsp3) is 0.119. The van der Waals surface area contributed by atoms with Gasteiger partial charge in [-0.05, 0) is 96.9 Å². The number of aromatic amines is 6. The maximum atomic E-state index is 13.5. The lowest BCUT2D eigenvalue weighted by Crippen LogP contribution is -2.18. The number of hydrogen-bond acceptors (Lipinski definition) is 24. The number of methoxy groups -OCH3 is 3. The number of aliphatic imine (C=N–C) groups is 2. The monoisotopic (exact) mass is 1900 g/mol. The second kappa shape index (κ2) is 49.5. The summed E-state index contributed by atoms with van der Waals surface area (Å²) in [5, 5.41) is 66.8. The van der Waals surface area contributed by atoms with Crippen molar-refractivity contribution in [1.29, 1.82) is 0 Å². The molecule has 710 valence electrons. The number of guanidine groups is 1. The Balaban J connectivity index is 0.000000138. The number of hydrogen-bond donors (Lipinski definition) is 12. The molecule has 6 aromatic heterocycles. The Bertz CT molecular complexity index is 7090. The van der Waals surface area contributed by atoms with Gasteiger partial charge in [0.05, 0.1) is 81.8 Å². The third-order valence-corrected chi connectivity index (χ3v) is 19.8. The van der Waals surface area contributed by atoms with Crippen LogP contribution in [0.2, 0.25) is 0 Å². The standard InChI is InChI=1S/C17H13F3N4O.C16H12F2N4O.C16H13FN4O.C15H13N3.C14H11N3O.C12H15N3O3.C11H13N3O2/c18-17(19,20)12-8-4-5-9-13(12)21-15(25)10-14-22-16(24-23-14)11-6-2-1-3-7-11;17-12-6-7-13(18)11(8-12)9-14(23)19-16-20-15(21-22-16)10-4-2-1-3-5-10;17-13-8-4-5-11(9-13)10-14(22)18-16-19-15(20-21-16)12-6-2-1-3-7-12;1-3-7-12(8-4-1)11-14-16-15(18-17-14)13-9-5-2-6-10-13;18-12-9-5-4-8-11(12)14-15-13(16-17-14)10-6-2-1-3-7-10;1-16-9-4-7(8-6-14-12(13)15-8)5-10(17-2)11(9)18-3;1-2-16-9-6-4-3-5-8(9)11-12-10(7-15)13-14-11/h1-9H,10H2,(H,21,25)(H,22,23,24);1-8H,9H2,(H2,19,20,21,22,23);1-9H,10H2,(H2,18,19,20,21,22);1-10H,11H2,(H,16,17,18);1-9,18H,(H,15,16,17);4-5H,6H2,1-3H3,(H2,13,14);3-6,15H,2,7H2,1H3,(H,12,13,14). The summed E-state index contributed by atoms with van der Waals surface area (Å²) in [6.07, 6.45) is -4.23. The van der Waals surface area contributed by atoms with Crippen LogP contribution < -0.4 is 40.6 Å². The van der Waals surface area contributed by atoms with E-state index >= 15 is 0 Å². The SMILES string of the molecule is CCOc1ccccc1-c1n[nH]c(CO)n1.COc1cc(C2=NC(N)=NC2)cc(OC)c1OC.O=C(Cc1cc(F)ccc1F)Nc1n[nH]c(-c2ccccc2)n1.O=C(Cc1cccc(F)c1)Nc1n[nH]c(-c2ccccc2)n1.O=C(Cc1nc(-c2ccccc2)n[nH]1)Nc1ccccc1C(F)(F)F.Oc1ccccc1-c1nc(-c2ccccc2)n[nH]1.c1ccc(Cc2nc(-c3ccccc3)n[nH]2)cc1. The van der Waals surface area contributed by atoms with Gasteiger partial charge in [-0.2, -0.15) is 43.5 Å². The van der Waals surface area contributed by atoms with E-state index in [0.717, 1.165) is 92.7 Å². The molecule has 0 atom stereocenters. The molecule has 1 aliphatic heterocycles. The number of aliphatic hydroxyl groups is 1. The molecule has 0 aliphatic carbocycles. The number of amides is 3. The molecule has 0 spiro atoms. The molecule has 0 unspecified atom stereocenters. The van der Waals surface area contributed by atoms with Gasteiger partial charge in [-0.1, -0.05) is 231 Å². The maximum absolute atomic E-state index is 13.5. The van der Waals surface area contributed by atoms with Crippen LogP contribution in [0.1, 0.15) is 52.2 Å². The Labute approximate surface area is 796 Å². The van der Waals surface area contributed by atoms with Crippen LogP contribution in [0.5, 0.6) is 28.7 Å². The Morgan fingerprint density at radius 2 is 0.879 bits per heavy atom. The van der Waals surface area contributed by atoms with Gasteiger partial charge in [0, 0.05) is 45.4 Å². The highest BCUT2D eigenvalue weighted by Gasteiger charge is 2.34. The quantitative estimate of drug-likeness (QED) is 0.0236.